The Morgan fingerprint density at radius 2 is 1.72 bits per heavy atom. The van der Waals surface area contributed by atoms with Crippen LogP contribution in [0, 0.1) is 22.2 Å². The van der Waals surface area contributed by atoms with E-state index in [1.807, 2.05) is 37.7 Å². The molecule has 0 radical (unpaired) electrons. The Hall–Kier alpha value is -6.59. The Kier molecular flexibility index (Phi) is 10.8. The molecule has 4 aliphatic heterocycles. The summed E-state index contributed by atoms with van der Waals surface area (Å²) in [5, 5.41) is 46.7. The number of halogens is 1. The summed E-state index contributed by atoms with van der Waals surface area (Å²) in [7, 11) is 0. The summed E-state index contributed by atoms with van der Waals surface area (Å²) in [5.74, 6) is -1.88. The van der Waals surface area contributed by atoms with Crippen molar-refractivity contribution in [1.29, 1.82) is 5.26 Å². The van der Waals surface area contributed by atoms with Crippen molar-refractivity contribution in [2.75, 3.05) is 26.2 Å². The first kappa shape index (κ1) is 42.7. The summed E-state index contributed by atoms with van der Waals surface area (Å²) in [5.41, 5.74) is 1.22. The van der Waals surface area contributed by atoms with E-state index in [-0.39, 0.29) is 41.8 Å². The molecule has 5 aliphatic rings. The van der Waals surface area contributed by atoms with Crippen LogP contribution < -0.4 is 20.9 Å². The van der Waals surface area contributed by atoms with Crippen LogP contribution in [-0.4, -0.2) is 118 Å². The molecule has 6 heterocycles. The van der Waals surface area contributed by atoms with Crippen molar-refractivity contribution in [2.24, 2.45) is 10.8 Å². The molecule has 1 aliphatic carbocycles. The second-order valence-corrected chi connectivity index (χ2v) is 18.3. The standard InChI is InChI=1S/C44H45ClN12O7/c1-43(2)41(44(3,4)42(43)64-29-11-7-26(22-46)31(45)21-29)48-37(59)24-5-9-28(10-6-24)55-23-27(49-51-55)20-35-53-15-17-54(18-16-53)57(35)36(40(62)63)25-8-12-32-30(19-25)39(61)56(52-50-32)33-13-14-34(58)47-38(33)60/h5-12,19,21,23,33,35-36,41-42H,13-18,20H2,1-4H3,(H,48,59)(H,62,63)(H,47,58,60)/t33-,35-,36-,41?,42?/m1/s1. The van der Waals surface area contributed by atoms with Crippen molar-refractivity contribution >= 4 is 46.2 Å². The molecule has 20 heteroatoms. The molecule has 10 rings (SSSR count). The van der Waals surface area contributed by atoms with E-state index in [2.05, 4.69) is 42.2 Å². The molecule has 1 saturated carbocycles. The minimum Gasteiger partial charge on any atom is -0.489 e. The first-order valence-electron chi connectivity index (χ1n) is 21.0. The van der Waals surface area contributed by atoms with Gasteiger partial charge in [-0.05, 0) is 60.5 Å². The van der Waals surface area contributed by atoms with Crippen molar-refractivity contribution in [3.05, 3.63) is 105 Å². The highest BCUT2D eigenvalue weighted by molar-refractivity contribution is 6.31. The van der Waals surface area contributed by atoms with Crippen molar-refractivity contribution in [1.82, 2.24) is 55.5 Å². The molecule has 4 saturated heterocycles. The van der Waals surface area contributed by atoms with Gasteiger partial charge in [0.05, 0.1) is 39.7 Å². The predicted molar refractivity (Wildman–Crippen MR) is 229 cm³/mol. The van der Waals surface area contributed by atoms with Crippen LogP contribution in [0.5, 0.6) is 5.75 Å². The van der Waals surface area contributed by atoms with Crippen LogP contribution in [0.3, 0.4) is 0 Å². The molecule has 5 fully saturated rings. The molecule has 3 N–H and O–H groups in total. The lowest BCUT2D eigenvalue weighted by Gasteiger charge is -2.63. The van der Waals surface area contributed by atoms with Gasteiger partial charge in [0, 0.05) is 67.5 Å². The lowest BCUT2D eigenvalue weighted by molar-refractivity contribution is -0.221. The van der Waals surface area contributed by atoms with E-state index < -0.39 is 52.4 Å². The molecule has 19 nitrogen and oxygen atoms in total. The number of rotatable bonds is 11. The number of aliphatic carboxylic acids is 1. The summed E-state index contributed by atoms with van der Waals surface area (Å²) >= 11 is 6.26. The van der Waals surface area contributed by atoms with Crippen molar-refractivity contribution < 1.29 is 29.0 Å². The highest BCUT2D eigenvalue weighted by atomic mass is 35.5. The number of carbonyl (C=O) groups is 4. The summed E-state index contributed by atoms with van der Waals surface area (Å²) in [6.45, 7) is 10.8. The van der Waals surface area contributed by atoms with Crippen LogP contribution in [0.2, 0.25) is 5.02 Å². The minimum absolute atomic E-state index is 0.0440. The van der Waals surface area contributed by atoms with Gasteiger partial charge in [-0.3, -0.25) is 34.2 Å². The number of benzene rings is 3. The number of amides is 3. The van der Waals surface area contributed by atoms with Gasteiger partial charge in [-0.2, -0.15) is 9.94 Å². The fourth-order valence-electron chi connectivity index (χ4n) is 10.2. The average molecular weight is 889 g/mol. The highest BCUT2D eigenvalue weighted by Gasteiger charge is 2.64. The average Bonchev–Trinajstić information content (AvgIpc) is 3.74. The van der Waals surface area contributed by atoms with Gasteiger partial charge in [0.1, 0.15) is 35.5 Å². The fraction of sp³-hybridized carbons (Fsp3) is 0.409. The molecule has 0 spiro atoms. The number of imide groups is 1. The number of piperidine rings is 1. The van der Waals surface area contributed by atoms with E-state index in [9.17, 15) is 34.3 Å². The first-order valence-corrected chi connectivity index (χ1v) is 21.3. The van der Waals surface area contributed by atoms with Gasteiger partial charge in [-0.25, -0.2) is 14.7 Å². The number of nitriles is 1. The maximum absolute atomic E-state index is 13.7. The third-order valence-electron chi connectivity index (χ3n) is 13.1. The fourth-order valence-corrected chi connectivity index (χ4v) is 10.4. The molecule has 3 atom stereocenters. The number of nitrogens with zero attached hydrogens (tertiary/aromatic N) is 10. The highest BCUT2D eigenvalue weighted by Crippen LogP contribution is 2.55. The molecule has 330 valence electrons. The lowest BCUT2D eigenvalue weighted by Crippen LogP contribution is -2.74. The monoisotopic (exact) mass is 888 g/mol. The molecule has 64 heavy (non-hydrogen) atoms. The molecule has 5 aromatic rings. The predicted octanol–water partition coefficient (Wildman–Crippen LogP) is 3.03. The Labute approximate surface area is 371 Å². The van der Waals surface area contributed by atoms with E-state index in [4.69, 9.17) is 16.3 Å². The van der Waals surface area contributed by atoms with Crippen LogP contribution in [-0.2, 0) is 20.8 Å². The Bertz CT molecular complexity index is 2800. The van der Waals surface area contributed by atoms with Crippen LogP contribution in [0.15, 0.2) is 71.7 Å². The number of aromatic nitrogens is 6. The zero-order chi connectivity index (χ0) is 45.2. The normalized spacial score (nSPS) is 25.2. The zero-order valence-corrected chi connectivity index (χ0v) is 36.2. The second kappa shape index (κ2) is 16.2. The van der Waals surface area contributed by atoms with Gasteiger partial charge < -0.3 is 15.2 Å². The number of hydrazine groups is 1. The molecule has 2 bridgehead atoms. The maximum atomic E-state index is 13.7. The Balaban J connectivity index is 0.900. The summed E-state index contributed by atoms with van der Waals surface area (Å²) in [6, 6.07) is 16.3. The molecular formula is C44H45ClN12O7. The Morgan fingerprint density at radius 3 is 2.39 bits per heavy atom. The number of hydrogen-bond donors (Lipinski definition) is 3. The quantitative estimate of drug-likeness (QED) is 0.162. The largest absolute Gasteiger partial charge is 0.489 e. The second-order valence-electron chi connectivity index (χ2n) is 17.9. The topological polar surface area (TPSA) is 234 Å². The number of carboxylic acid groups (broad SMARTS) is 1. The third-order valence-corrected chi connectivity index (χ3v) is 13.4. The third kappa shape index (κ3) is 7.45. The number of nitrogens with one attached hydrogen (secondary N) is 2. The SMILES string of the molecule is CC1(C)C(NC(=O)c2ccc(-n3cc(C[C@@H]4N5CCN(CC5)N4[C@@H](C(=O)O)c4ccc5nnn([C@@H]6CCC(=O)NC6=O)c(=O)c5c4)nn3)cc2)C(C)(C)C1Oc1ccc(C#N)c(Cl)c1. The van der Waals surface area contributed by atoms with Gasteiger partial charge in [-0.1, -0.05) is 55.8 Å². The van der Waals surface area contributed by atoms with Gasteiger partial charge in [0.15, 0.2) is 0 Å². The number of piperazine rings is 1. The van der Waals surface area contributed by atoms with Crippen molar-refractivity contribution in [3.8, 4) is 17.5 Å². The molecular weight excluding hydrogens is 844 g/mol. The summed E-state index contributed by atoms with van der Waals surface area (Å²) in [4.78, 5) is 67.2. The van der Waals surface area contributed by atoms with E-state index in [1.54, 1.807) is 65.5 Å². The molecule has 0 unspecified atom stereocenters. The molecule has 3 aromatic carbocycles. The summed E-state index contributed by atoms with van der Waals surface area (Å²) in [6.07, 6.45) is 1.58. The molecule has 3 amide bonds. The number of carboxylic acids is 1. The van der Waals surface area contributed by atoms with Crippen LogP contribution >= 0.6 is 11.6 Å². The van der Waals surface area contributed by atoms with Gasteiger partial charge in [0.2, 0.25) is 5.91 Å². The zero-order valence-electron chi connectivity index (χ0n) is 35.4. The van der Waals surface area contributed by atoms with E-state index in [0.29, 0.717) is 71.4 Å². The van der Waals surface area contributed by atoms with Gasteiger partial charge in [0.25, 0.3) is 17.4 Å². The molecule has 2 aromatic heterocycles. The van der Waals surface area contributed by atoms with Crippen molar-refractivity contribution in [2.45, 2.75) is 77.4 Å². The van der Waals surface area contributed by atoms with Crippen LogP contribution in [0.4, 0.5) is 0 Å². The minimum atomic E-state index is -1.20. The van der Waals surface area contributed by atoms with E-state index >= 15 is 0 Å². The first-order chi connectivity index (χ1) is 30.5. The van der Waals surface area contributed by atoms with Crippen LogP contribution in [0.25, 0.3) is 16.6 Å². The number of ether oxygens (including phenoxy) is 1. The van der Waals surface area contributed by atoms with Gasteiger partial charge in [-0.15, -0.1) is 10.2 Å². The van der Waals surface area contributed by atoms with Crippen LogP contribution in [0.1, 0.15) is 79.8 Å². The number of hydrogen-bond acceptors (Lipinski definition) is 14. The van der Waals surface area contributed by atoms with E-state index in [1.165, 1.54) is 6.07 Å². The van der Waals surface area contributed by atoms with Crippen molar-refractivity contribution in [3.63, 3.8) is 0 Å². The smallest absolute Gasteiger partial charge is 0.327 e. The maximum Gasteiger partial charge on any atom is 0.327 e. The summed E-state index contributed by atoms with van der Waals surface area (Å²) < 4.78 is 8.94. The van der Waals surface area contributed by atoms with Gasteiger partial charge >= 0.3 is 5.97 Å². The lowest BCUT2D eigenvalue weighted by atomic mass is 9.49. The van der Waals surface area contributed by atoms with E-state index in [0.717, 1.165) is 4.68 Å². The Morgan fingerprint density at radius 1 is 0.984 bits per heavy atom. The number of fused-ring (bicyclic) bond motifs is 4. The number of carbonyl (C=O) groups excluding carboxylic acids is 3.